The molecule has 1 rings (SSSR count). The number of hydrogen-bond donors (Lipinski definition) is 2. The predicted octanol–water partition coefficient (Wildman–Crippen LogP) is 4.00. The molecule has 122 valence electrons. The van der Waals surface area contributed by atoms with E-state index in [1.54, 1.807) is 6.92 Å². The Balaban J connectivity index is 2.66. The molecule has 1 amide bonds. The van der Waals surface area contributed by atoms with E-state index in [1.807, 2.05) is 45.9 Å². The molecule has 0 saturated heterocycles. The fraction of sp³-hybridized carbons (Fsp3) is 0.529. The van der Waals surface area contributed by atoms with Gasteiger partial charge in [-0.15, -0.1) is 0 Å². The average Bonchev–Trinajstić information content (AvgIpc) is 2.36. The van der Waals surface area contributed by atoms with Gasteiger partial charge in [0.15, 0.2) is 0 Å². The molecule has 1 aromatic rings. The summed E-state index contributed by atoms with van der Waals surface area (Å²) in [7, 11) is 0. The molecule has 0 heterocycles. The number of carbonyl (C=O) groups excluding carboxylic acids is 1. The van der Waals surface area contributed by atoms with E-state index in [1.165, 1.54) is 0 Å². The van der Waals surface area contributed by atoms with Crippen LogP contribution in [0.1, 0.15) is 45.2 Å². The number of amides is 1. The highest BCUT2D eigenvalue weighted by molar-refractivity contribution is 5.85. The number of benzene rings is 1. The van der Waals surface area contributed by atoms with E-state index >= 15 is 0 Å². The van der Waals surface area contributed by atoms with Crippen LogP contribution in [0.25, 0.3) is 0 Å². The van der Waals surface area contributed by atoms with Crippen molar-refractivity contribution < 1.29 is 19.4 Å². The molecule has 0 fully saturated rings. The molecule has 0 bridgehead atoms. The minimum absolute atomic E-state index is 0.361. The molecule has 2 N–H and O–H groups in total. The van der Waals surface area contributed by atoms with Crippen LogP contribution in [0.5, 0.6) is 0 Å². The van der Waals surface area contributed by atoms with Crippen molar-refractivity contribution in [3.8, 4) is 0 Å². The average molecular weight is 307 g/mol. The van der Waals surface area contributed by atoms with Crippen molar-refractivity contribution in [2.24, 2.45) is 5.92 Å². The van der Waals surface area contributed by atoms with Gasteiger partial charge in [-0.05, 0) is 57.7 Å². The molecule has 0 aliphatic carbocycles. The van der Waals surface area contributed by atoms with Crippen LogP contribution < -0.4 is 5.32 Å². The first-order valence-electron chi connectivity index (χ1n) is 7.41. The maximum Gasteiger partial charge on any atom is 0.412 e. The van der Waals surface area contributed by atoms with Gasteiger partial charge in [0, 0.05) is 5.69 Å². The molecule has 22 heavy (non-hydrogen) atoms. The van der Waals surface area contributed by atoms with Gasteiger partial charge in [-0.3, -0.25) is 10.1 Å². The first kappa shape index (κ1) is 18.0. The third-order valence-corrected chi connectivity index (χ3v) is 3.21. The third-order valence-electron chi connectivity index (χ3n) is 3.21. The monoisotopic (exact) mass is 307 g/mol. The standard InChI is InChI=1S/C17H25NO4/c1-11(15(19)20)6-7-13-8-9-14(12(2)10-13)18-16(21)22-17(3,4)5/h8-11H,6-7H2,1-5H3,(H,18,21)(H,19,20). The number of anilines is 1. The second-order valence-electron chi connectivity index (χ2n) is 6.55. The molecule has 0 aliphatic rings. The third kappa shape index (κ3) is 6.16. The number of aryl methyl sites for hydroxylation is 2. The number of rotatable bonds is 5. The first-order chi connectivity index (χ1) is 10.1. The quantitative estimate of drug-likeness (QED) is 0.862. The largest absolute Gasteiger partial charge is 0.481 e. The Morgan fingerprint density at radius 3 is 2.45 bits per heavy atom. The number of carbonyl (C=O) groups is 2. The molecule has 1 atom stereocenters. The summed E-state index contributed by atoms with van der Waals surface area (Å²) in [5.41, 5.74) is 2.14. The summed E-state index contributed by atoms with van der Waals surface area (Å²) < 4.78 is 5.22. The summed E-state index contributed by atoms with van der Waals surface area (Å²) in [4.78, 5) is 22.6. The molecule has 0 aromatic heterocycles. The minimum Gasteiger partial charge on any atom is -0.481 e. The highest BCUT2D eigenvalue weighted by Crippen LogP contribution is 2.20. The SMILES string of the molecule is Cc1cc(CCC(C)C(=O)O)ccc1NC(=O)OC(C)(C)C. The lowest BCUT2D eigenvalue weighted by Gasteiger charge is -2.20. The zero-order valence-corrected chi connectivity index (χ0v) is 13.9. The van der Waals surface area contributed by atoms with Gasteiger partial charge >= 0.3 is 12.1 Å². The maximum absolute atomic E-state index is 11.8. The summed E-state index contributed by atoms with van der Waals surface area (Å²) in [6.07, 6.45) is 0.803. The smallest absolute Gasteiger partial charge is 0.412 e. The maximum atomic E-state index is 11.8. The van der Waals surface area contributed by atoms with Crippen molar-refractivity contribution in [1.82, 2.24) is 0 Å². The molecule has 5 nitrogen and oxygen atoms in total. The molecule has 0 spiro atoms. The van der Waals surface area contributed by atoms with Crippen molar-refractivity contribution in [3.63, 3.8) is 0 Å². The van der Waals surface area contributed by atoms with Crippen LogP contribution in [0.2, 0.25) is 0 Å². The lowest BCUT2D eigenvalue weighted by atomic mass is 9.99. The van der Waals surface area contributed by atoms with Crippen LogP contribution in [0.15, 0.2) is 18.2 Å². The van der Waals surface area contributed by atoms with Gasteiger partial charge in [0.2, 0.25) is 0 Å². The fourth-order valence-corrected chi connectivity index (χ4v) is 1.94. The lowest BCUT2D eigenvalue weighted by molar-refractivity contribution is -0.141. The van der Waals surface area contributed by atoms with Crippen molar-refractivity contribution in [2.75, 3.05) is 5.32 Å². The Morgan fingerprint density at radius 1 is 1.32 bits per heavy atom. The van der Waals surface area contributed by atoms with E-state index < -0.39 is 17.7 Å². The van der Waals surface area contributed by atoms with Gasteiger partial charge in [-0.1, -0.05) is 19.1 Å². The second-order valence-corrected chi connectivity index (χ2v) is 6.55. The summed E-state index contributed by atoms with van der Waals surface area (Å²) in [6.45, 7) is 9.04. The Bertz CT molecular complexity index is 546. The Labute approximate surface area is 131 Å². The molecule has 0 saturated carbocycles. The Hall–Kier alpha value is -2.04. The van der Waals surface area contributed by atoms with E-state index in [2.05, 4.69) is 5.32 Å². The zero-order chi connectivity index (χ0) is 16.9. The van der Waals surface area contributed by atoms with Gasteiger partial charge in [0.1, 0.15) is 5.60 Å². The van der Waals surface area contributed by atoms with Crippen LogP contribution in [0.3, 0.4) is 0 Å². The molecular formula is C17H25NO4. The molecule has 0 aliphatic heterocycles. The number of ether oxygens (including phenoxy) is 1. The van der Waals surface area contributed by atoms with E-state index in [-0.39, 0.29) is 5.92 Å². The summed E-state index contributed by atoms with van der Waals surface area (Å²) >= 11 is 0. The van der Waals surface area contributed by atoms with Gasteiger partial charge in [-0.25, -0.2) is 4.79 Å². The lowest BCUT2D eigenvalue weighted by Crippen LogP contribution is -2.27. The second kappa shape index (κ2) is 7.29. The number of carboxylic acid groups (broad SMARTS) is 1. The van der Waals surface area contributed by atoms with E-state index in [4.69, 9.17) is 9.84 Å². The van der Waals surface area contributed by atoms with E-state index in [0.29, 0.717) is 18.5 Å². The normalized spacial score (nSPS) is 12.6. The highest BCUT2D eigenvalue weighted by Gasteiger charge is 2.17. The molecule has 1 aromatic carbocycles. The predicted molar refractivity (Wildman–Crippen MR) is 86.2 cm³/mol. The van der Waals surface area contributed by atoms with Crippen LogP contribution in [0, 0.1) is 12.8 Å². The van der Waals surface area contributed by atoms with Crippen LogP contribution in [0.4, 0.5) is 10.5 Å². The van der Waals surface area contributed by atoms with Crippen LogP contribution in [-0.4, -0.2) is 22.8 Å². The van der Waals surface area contributed by atoms with Gasteiger partial charge < -0.3 is 9.84 Å². The van der Waals surface area contributed by atoms with Gasteiger partial charge in [-0.2, -0.15) is 0 Å². The van der Waals surface area contributed by atoms with Crippen molar-refractivity contribution in [2.45, 2.75) is 53.1 Å². The Morgan fingerprint density at radius 2 is 1.95 bits per heavy atom. The van der Waals surface area contributed by atoms with Crippen molar-refractivity contribution >= 4 is 17.7 Å². The van der Waals surface area contributed by atoms with Gasteiger partial charge in [0.25, 0.3) is 0 Å². The van der Waals surface area contributed by atoms with E-state index in [0.717, 1.165) is 11.1 Å². The molecular weight excluding hydrogens is 282 g/mol. The number of hydrogen-bond acceptors (Lipinski definition) is 3. The van der Waals surface area contributed by atoms with E-state index in [9.17, 15) is 9.59 Å². The minimum atomic E-state index is -0.778. The summed E-state index contributed by atoms with van der Waals surface area (Å²) in [5, 5.41) is 11.6. The van der Waals surface area contributed by atoms with Crippen LogP contribution in [-0.2, 0) is 16.0 Å². The first-order valence-corrected chi connectivity index (χ1v) is 7.41. The zero-order valence-electron chi connectivity index (χ0n) is 13.9. The topological polar surface area (TPSA) is 75.6 Å². The molecule has 0 radical (unpaired) electrons. The van der Waals surface area contributed by atoms with Gasteiger partial charge in [0.05, 0.1) is 5.92 Å². The number of carboxylic acids is 1. The van der Waals surface area contributed by atoms with Crippen molar-refractivity contribution in [3.05, 3.63) is 29.3 Å². The number of aliphatic carboxylic acids is 1. The summed E-state index contributed by atoms with van der Waals surface area (Å²) in [5.74, 6) is -1.14. The Kier molecular flexibility index (Phi) is 5.97. The van der Waals surface area contributed by atoms with Crippen molar-refractivity contribution in [1.29, 1.82) is 0 Å². The molecule has 5 heteroatoms. The number of nitrogens with one attached hydrogen (secondary N) is 1. The molecule has 1 unspecified atom stereocenters. The fourth-order valence-electron chi connectivity index (χ4n) is 1.94. The highest BCUT2D eigenvalue weighted by atomic mass is 16.6. The summed E-state index contributed by atoms with van der Waals surface area (Å²) in [6, 6.07) is 5.68. The van der Waals surface area contributed by atoms with Crippen LogP contribution >= 0.6 is 0 Å².